The van der Waals surface area contributed by atoms with Gasteiger partial charge in [0.1, 0.15) is 6.33 Å². The number of H-pyrrole nitrogens is 1. The first kappa shape index (κ1) is 13.0. The first-order chi connectivity index (χ1) is 9.81. The normalized spacial score (nSPS) is 19.3. The monoisotopic (exact) mass is 275 g/mol. The minimum atomic E-state index is -0.287. The molecule has 0 aromatic carbocycles. The van der Waals surface area contributed by atoms with Gasteiger partial charge in [0.15, 0.2) is 11.6 Å². The van der Waals surface area contributed by atoms with Crippen LogP contribution in [-0.4, -0.2) is 26.7 Å². The van der Waals surface area contributed by atoms with Gasteiger partial charge in [-0.25, -0.2) is 14.4 Å². The van der Waals surface area contributed by atoms with Crippen LogP contribution in [0.5, 0.6) is 0 Å². The summed E-state index contributed by atoms with van der Waals surface area (Å²) in [6.07, 6.45) is 8.90. The molecule has 2 aromatic heterocycles. The number of aromatic amines is 1. The largest absolute Gasteiger partial charge is 0.347 e. The molecule has 1 N–H and O–H groups in total. The van der Waals surface area contributed by atoms with Crippen LogP contribution in [-0.2, 0) is 6.42 Å². The molecule has 1 atom stereocenters. The van der Waals surface area contributed by atoms with E-state index in [1.165, 1.54) is 6.33 Å². The van der Waals surface area contributed by atoms with Crippen molar-refractivity contribution in [2.24, 2.45) is 0 Å². The number of aryl methyl sites for hydroxylation is 1. The number of hydrogen-bond acceptors (Lipinski definition) is 4. The smallest absolute Gasteiger partial charge is 0.187 e. The van der Waals surface area contributed by atoms with Gasteiger partial charge in [-0.3, -0.25) is 5.10 Å². The Morgan fingerprint density at radius 3 is 3.05 bits per heavy atom. The molecule has 20 heavy (non-hydrogen) atoms. The van der Waals surface area contributed by atoms with Gasteiger partial charge < -0.3 is 4.90 Å². The molecular weight excluding hydrogens is 257 g/mol. The Balaban J connectivity index is 1.98. The second-order valence-electron chi connectivity index (χ2n) is 5.05. The Morgan fingerprint density at radius 1 is 1.40 bits per heavy atom. The predicted octanol–water partition coefficient (Wildman–Crippen LogP) is 2.63. The molecule has 0 spiro atoms. The zero-order chi connectivity index (χ0) is 13.9. The van der Waals surface area contributed by atoms with Crippen LogP contribution < -0.4 is 4.90 Å². The molecule has 0 amide bonds. The third kappa shape index (κ3) is 2.26. The fraction of sp³-hybridized carbons (Fsp3) is 0.500. The Hall–Kier alpha value is -1.98. The highest BCUT2D eigenvalue weighted by Gasteiger charge is 2.28. The minimum Gasteiger partial charge on any atom is -0.347 e. The van der Waals surface area contributed by atoms with Crippen molar-refractivity contribution in [3.8, 4) is 0 Å². The summed E-state index contributed by atoms with van der Waals surface area (Å²) < 4.78 is 14.5. The van der Waals surface area contributed by atoms with E-state index in [4.69, 9.17) is 0 Å². The van der Waals surface area contributed by atoms with Gasteiger partial charge in [0, 0.05) is 18.3 Å². The summed E-state index contributed by atoms with van der Waals surface area (Å²) in [5.41, 5.74) is 1.56. The summed E-state index contributed by atoms with van der Waals surface area (Å²) in [5.74, 6) is 0.133. The van der Waals surface area contributed by atoms with Gasteiger partial charge >= 0.3 is 0 Å². The van der Waals surface area contributed by atoms with Crippen molar-refractivity contribution in [1.82, 2.24) is 20.2 Å². The molecule has 0 aliphatic carbocycles. The second kappa shape index (κ2) is 5.56. The SMILES string of the molecule is CCc1ncnc(N2CCCCC2c2cn[nH]c2)c1F. The molecule has 0 saturated carbocycles. The maximum Gasteiger partial charge on any atom is 0.187 e. The zero-order valence-electron chi connectivity index (χ0n) is 11.5. The van der Waals surface area contributed by atoms with E-state index in [-0.39, 0.29) is 11.9 Å². The highest BCUT2D eigenvalue weighted by atomic mass is 19.1. The number of piperidine rings is 1. The molecule has 1 aliphatic rings. The van der Waals surface area contributed by atoms with Gasteiger partial charge in [-0.1, -0.05) is 6.92 Å². The molecular formula is C14H18FN5. The van der Waals surface area contributed by atoms with Gasteiger partial charge in [-0.05, 0) is 25.7 Å². The molecule has 5 nitrogen and oxygen atoms in total. The number of nitrogens with zero attached hydrogens (tertiary/aromatic N) is 4. The maximum atomic E-state index is 14.5. The van der Waals surface area contributed by atoms with Crippen molar-refractivity contribution in [3.05, 3.63) is 35.8 Å². The molecule has 2 aromatic rings. The Kier molecular flexibility index (Phi) is 3.62. The van der Waals surface area contributed by atoms with E-state index in [0.29, 0.717) is 17.9 Å². The van der Waals surface area contributed by atoms with Crippen LogP contribution >= 0.6 is 0 Å². The Labute approximate surface area is 117 Å². The molecule has 106 valence electrons. The van der Waals surface area contributed by atoms with Crippen LogP contribution in [0.25, 0.3) is 0 Å². The van der Waals surface area contributed by atoms with Gasteiger partial charge in [0.05, 0.1) is 17.9 Å². The zero-order valence-corrected chi connectivity index (χ0v) is 11.5. The topological polar surface area (TPSA) is 57.7 Å². The lowest BCUT2D eigenvalue weighted by atomic mass is 9.97. The van der Waals surface area contributed by atoms with Crippen molar-refractivity contribution in [2.45, 2.75) is 38.6 Å². The van der Waals surface area contributed by atoms with E-state index < -0.39 is 0 Å². The van der Waals surface area contributed by atoms with Crippen molar-refractivity contribution < 1.29 is 4.39 Å². The van der Waals surface area contributed by atoms with E-state index in [9.17, 15) is 4.39 Å². The molecule has 0 radical (unpaired) electrons. The number of hydrogen-bond donors (Lipinski definition) is 1. The number of rotatable bonds is 3. The van der Waals surface area contributed by atoms with Gasteiger partial charge in [-0.2, -0.15) is 5.10 Å². The third-order valence-corrected chi connectivity index (χ3v) is 3.86. The standard InChI is InChI=1S/C14H18FN5/c1-2-11-13(15)14(17-9-16-11)20-6-4-3-5-12(20)10-7-18-19-8-10/h7-9,12H,2-6H2,1H3,(H,18,19). The Bertz CT molecular complexity index is 569. The van der Waals surface area contributed by atoms with Crippen LogP contribution in [0.3, 0.4) is 0 Å². The van der Waals surface area contributed by atoms with Crippen LogP contribution in [0.15, 0.2) is 18.7 Å². The summed E-state index contributed by atoms with van der Waals surface area (Å²) in [7, 11) is 0. The molecule has 3 heterocycles. The average Bonchev–Trinajstić information content (AvgIpc) is 3.02. The lowest BCUT2D eigenvalue weighted by Gasteiger charge is -2.36. The molecule has 1 unspecified atom stereocenters. The summed E-state index contributed by atoms with van der Waals surface area (Å²) in [6.45, 7) is 2.71. The van der Waals surface area contributed by atoms with Crippen molar-refractivity contribution >= 4 is 5.82 Å². The molecule has 6 heteroatoms. The fourth-order valence-corrected chi connectivity index (χ4v) is 2.82. The first-order valence-corrected chi connectivity index (χ1v) is 7.06. The van der Waals surface area contributed by atoms with Crippen LogP contribution in [0.2, 0.25) is 0 Å². The van der Waals surface area contributed by atoms with Crippen molar-refractivity contribution in [3.63, 3.8) is 0 Å². The van der Waals surface area contributed by atoms with E-state index in [2.05, 4.69) is 20.2 Å². The summed E-state index contributed by atoms with van der Waals surface area (Å²) in [4.78, 5) is 10.2. The summed E-state index contributed by atoms with van der Waals surface area (Å²) in [5, 5.41) is 6.84. The van der Waals surface area contributed by atoms with Crippen LogP contribution in [0, 0.1) is 5.82 Å². The second-order valence-corrected chi connectivity index (χ2v) is 5.05. The third-order valence-electron chi connectivity index (χ3n) is 3.86. The van der Waals surface area contributed by atoms with E-state index in [1.54, 1.807) is 0 Å². The summed E-state index contributed by atoms with van der Waals surface area (Å²) in [6, 6.07) is 0.136. The molecule has 0 bridgehead atoms. The highest BCUT2D eigenvalue weighted by molar-refractivity contribution is 5.44. The van der Waals surface area contributed by atoms with Crippen LogP contribution in [0.1, 0.15) is 43.5 Å². The first-order valence-electron chi connectivity index (χ1n) is 7.06. The van der Waals surface area contributed by atoms with Crippen molar-refractivity contribution in [1.29, 1.82) is 0 Å². The fourth-order valence-electron chi connectivity index (χ4n) is 2.82. The number of anilines is 1. The quantitative estimate of drug-likeness (QED) is 0.935. The number of nitrogens with one attached hydrogen (secondary N) is 1. The Morgan fingerprint density at radius 2 is 2.30 bits per heavy atom. The molecule has 3 rings (SSSR count). The predicted molar refractivity (Wildman–Crippen MR) is 73.9 cm³/mol. The number of aromatic nitrogens is 4. The van der Waals surface area contributed by atoms with E-state index >= 15 is 0 Å². The van der Waals surface area contributed by atoms with E-state index in [1.807, 2.05) is 24.2 Å². The lowest BCUT2D eigenvalue weighted by Crippen LogP contribution is -2.34. The summed E-state index contributed by atoms with van der Waals surface area (Å²) >= 11 is 0. The lowest BCUT2D eigenvalue weighted by molar-refractivity contribution is 0.457. The van der Waals surface area contributed by atoms with Gasteiger partial charge in [-0.15, -0.1) is 0 Å². The van der Waals surface area contributed by atoms with Gasteiger partial charge in [0.2, 0.25) is 0 Å². The molecule has 1 saturated heterocycles. The molecule has 1 aliphatic heterocycles. The highest BCUT2D eigenvalue weighted by Crippen LogP contribution is 2.35. The average molecular weight is 275 g/mol. The van der Waals surface area contributed by atoms with Gasteiger partial charge in [0.25, 0.3) is 0 Å². The number of halogens is 1. The van der Waals surface area contributed by atoms with E-state index in [0.717, 1.165) is 31.4 Å². The minimum absolute atomic E-state index is 0.136. The molecule has 1 fully saturated rings. The van der Waals surface area contributed by atoms with Crippen molar-refractivity contribution in [2.75, 3.05) is 11.4 Å². The van der Waals surface area contributed by atoms with Crippen LogP contribution in [0.4, 0.5) is 10.2 Å². The maximum absolute atomic E-state index is 14.5.